The number of aromatic nitrogens is 4. The smallest absolute Gasteiger partial charge is 0.217 e. The highest BCUT2D eigenvalue weighted by Crippen LogP contribution is 2.40. The molecule has 2 aliphatic rings. The van der Waals surface area contributed by atoms with Crippen LogP contribution in [0.2, 0.25) is 0 Å². The second-order valence-electron chi connectivity index (χ2n) is 5.51. The summed E-state index contributed by atoms with van der Waals surface area (Å²) in [7, 11) is 0. The van der Waals surface area contributed by atoms with E-state index in [4.69, 9.17) is 4.74 Å². The quantitative estimate of drug-likeness (QED) is 0.737. The Bertz CT molecular complexity index is 686. The number of rotatable bonds is 3. The van der Waals surface area contributed by atoms with Crippen molar-refractivity contribution >= 4 is 22.9 Å². The Morgan fingerprint density at radius 2 is 2.29 bits per heavy atom. The molecule has 0 radical (unpaired) electrons. The number of aromatic amines is 1. The third kappa shape index (κ3) is 1.94. The zero-order valence-electron chi connectivity index (χ0n) is 11.5. The molecule has 0 aromatic carbocycles. The Balaban J connectivity index is 1.60. The van der Waals surface area contributed by atoms with Gasteiger partial charge in [-0.1, -0.05) is 0 Å². The number of carbonyl (C=O) groups excluding carboxylic acids is 1. The molecular weight excluding hydrogens is 272 g/mol. The van der Waals surface area contributed by atoms with Crippen LogP contribution < -0.4 is 10.6 Å². The average Bonchev–Trinajstić information content (AvgIpc) is 3.09. The van der Waals surface area contributed by atoms with Crippen LogP contribution in [0.25, 0.3) is 11.2 Å². The van der Waals surface area contributed by atoms with E-state index in [1.807, 2.05) is 0 Å². The highest BCUT2D eigenvalue weighted by molar-refractivity contribution is 5.82. The maximum absolute atomic E-state index is 11.4. The minimum absolute atomic E-state index is 0.0251. The normalized spacial score (nSPS) is 30.7. The number of ether oxygens (including phenoxy) is 1. The van der Waals surface area contributed by atoms with Crippen molar-refractivity contribution < 1.29 is 9.53 Å². The molecule has 110 valence electrons. The summed E-state index contributed by atoms with van der Waals surface area (Å²) in [6, 6.07) is 0.0886. The van der Waals surface area contributed by atoms with E-state index in [0.717, 1.165) is 18.5 Å². The van der Waals surface area contributed by atoms with Gasteiger partial charge in [-0.15, -0.1) is 0 Å². The summed E-state index contributed by atoms with van der Waals surface area (Å²) in [6.07, 6.45) is 4.18. The van der Waals surface area contributed by atoms with Gasteiger partial charge in [-0.2, -0.15) is 0 Å². The zero-order chi connectivity index (χ0) is 14.4. The molecule has 1 aliphatic heterocycles. The van der Waals surface area contributed by atoms with E-state index < -0.39 is 0 Å². The third-order valence-corrected chi connectivity index (χ3v) is 4.28. The molecule has 4 rings (SSSR count). The van der Waals surface area contributed by atoms with Crippen molar-refractivity contribution in [2.75, 3.05) is 11.9 Å². The fraction of sp³-hybridized carbons (Fsp3) is 0.538. The van der Waals surface area contributed by atoms with Gasteiger partial charge in [0.25, 0.3) is 0 Å². The summed E-state index contributed by atoms with van der Waals surface area (Å²) in [5, 5.41) is 6.38. The second-order valence-corrected chi connectivity index (χ2v) is 5.51. The van der Waals surface area contributed by atoms with Crippen molar-refractivity contribution in [3.05, 3.63) is 12.7 Å². The van der Waals surface area contributed by atoms with Crippen molar-refractivity contribution in [3.8, 4) is 0 Å². The van der Waals surface area contributed by atoms with E-state index in [2.05, 4.69) is 30.6 Å². The van der Waals surface area contributed by atoms with E-state index >= 15 is 0 Å². The second kappa shape index (κ2) is 4.66. The van der Waals surface area contributed by atoms with Crippen LogP contribution in [0.4, 0.5) is 5.82 Å². The molecule has 8 nitrogen and oxygen atoms in total. The van der Waals surface area contributed by atoms with E-state index in [1.54, 1.807) is 6.33 Å². The highest BCUT2D eigenvalue weighted by Gasteiger charge is 2.54. The van der Waals surface area contributed by atoms with Gasteiger partial charge in [0.2, 0.25) is 5.91 Å². The lowest BCUT2D eigenvalue weighted by molar-refractivity contribution is -0.123. The lowest BCUT2D eigenvalue weighted by Gasteiger charge is -2.47. The molecule has 0 spiro atoms. The van der Waals surface area contributed by atoms with Gasteiger partial charge in [0.15, 0.2) is 11.5 Å². The molecule has 1 aliphatic carbocycles. The van der Waals surface area contributed by atoms with Gasteiger partial charge in [-0.3, -0.25) is 4.79 Å². The molecule has 1 amide bonds. The van der Waals surface area contributed by atoms with Gasteiger partial charge in [0.1, 0.15) is 11.8 Å². The van der Waals surface area contributed by atoms with Crippen molar-refractivity contribution in [2.24, 2.45) is 5.92 Å². The fourth-order valence-electron chi connectivity index (χ4n) is 3.34. The van der Waals surface area contributed by atoms with Crippen LogP contribution in [0.1, 0.15) is 13.3 Å². The molecule has 2 fully saturated rings. The number of fused-ring (bicyclic) bond motifs is 2. The van der Waals surface area contributed by atoms with Gasteiger partial charge in [-0.25, -0.2) is 15.0 Å². The minimum atomic E-state index is -0.0462. The molecule has 8 heteroatoms. The summed E-state index contributed by atoms with van der Waals surface area (Å²) < 4.78 is 5.70. The minimum Gasteiger partial charge on any atom is -0.376 e. The number of hydrogen-bond acceptors (Lipinski definition) is 6. The summed E-state index contributed by atoms with van der Waals surface area (Å²) in [4.78, 5) is 26.9. The van der Waals surface area contributed by atoms with Crippen LogP contribution in [0.15, 0.2) is 12.7 Å². The summed E-state index contributed by atoms with van der Waals surface area (Å²) in [6.45, 7) is 2.27. The molecule has 0 unspecified atom stereocenters. The molecule has 3 N–H and O–H groups in total. The van der Waals surface area contributed by atoms with E-state index in [0.29, 0.717) is 17.4 Å². The van der Waals surface area contributed by atoms with Crippen LogP contribution in [0.3, 0.4) is 0 Å². The zero-order valence-corrected chi connectivity index (χ0v) is 11.5. The monoisotopic (exact) mass is 288 g/mol. The Morgan fingerprint density at radius 3 is 3.14 bits per heavy atom. The Labute approximate surface area is 120 Å². The first-order valence-electron chi connectivity index (χ1n) is 7.03. The number of carbonyl (C=O) groups is 1. The summed E-state index contributed by atoms with van der Waals surface area (Å²) in [5.41, 5.74) is 1.41. The maximum atomic E-state index is 11.4. The molecule has 1 saturated heterocycles. The van der Waals surface area contributed by atoms with Crippen LogP contribution in [-0.4, -0.2) is 50.6 Å². The first-order valence-corrected chi connectivity index (χ1v) is 7.03. The molecule has 4 atom stereocenters. The van der Waals surface area contributed by atoms with Crippen molar-refractivity contribution in [1.82, 2.24) is 25.3 Å². The van der Waals surface area contributed by atoms with Gasteiger partial charge in [0.05, 0.1) is 24.5 Å². The van der Waals surface area contributed by atoms with Crippen molar-refractivity contribution in [2.45, 2.75) is 31.5 Å². The standard InChI is InChI=1S/C13H16N6O2/c1-6(20)18-9-8(7-2-3-21-11(7)9)19-13-10-12(15-4-14-10)16-5-17-13/h4-5,7-9,11H,2-3H2,1H3,(H,18,20)(H2,14,15,16,17,19)/t7-,8+,9-,11-/m1/s1. The van der Waals surface area contributed by atoms with Gasteiger partial charge < -0.3 is 20.4 Å². The molecule has 3 heterocycles. The fourth-order valence-corrected chi connectivity index (χ4v) is 3.34. The van der Waals surface area contributed by atoms with Crippen LogP contribution >= 0.6 is 0 Å². The van der Waals surface area contributed by atoms with Crippen LogP contribution in [-0.2, 0) is 9.53 Å². The Morgan fingerprint density at radius 1 is 1.38 bits per heavy atom. The Hall–Kier alpha value is -2.22. The average molecular weight is 288 g/mol. The number of amides is 1. The number of H-pyrrole nitrogens is 1. The molecule has 2 aromatic rings. The van der Waals surface area contributed by atoms with Crippen LogP contribution in [0.5, 0.6) is 0 Å². The molecule has 21 heavy (non-hydrogen) atoms. The molecular formula is C13H16N6O2. The predicted molar refractivity (Wildman–Crippen MR) is 74.5 cm³/mol. The van der Waals surface area contributed by atoms with E-state index in [9.17, 15) is 4.79 Å². The topological polar surface area (TPSA) is 105 Å². The Kier molecular flexibility index (Phi) is 2.78. The first kappa shape index (κ1) is 12.5. The van der Waals surface area contributed by atoms with Gasteiger partial charge >= 0.3 is 0 Å². The van der Waals surface area contributed by atoms with Crippen molar-refractivity contribution in [3.63, 3.8) is 0 Å². The molecule has 0 bridgehead atoms. The van der Waals surface area contributed by atoms with E-state index in [-0.39, 0.29) is 24.1 Å². The first-order chi connectivity index (χ1) is 10.2. The largest absolute Gasteiger partial charge is 0.376 e. The van der Waals surface area contributed by atoms with Crippen molar-refractivity contribution in [1.29, 1.82) is 0 Å². The van der Waals surface area contributed by atoms with Crippen LogP contribution in [0, 0.1) is 5.92 Å². The molecule has 2 aromatic heterocycles. The highest BCUT2D eigenvalue weighted by atomic mass is 16.5. The third-order valence-electron chi connectivity index (χ3n) is 4.28. The lowest BCUT2D eigenvalue weighted by atomic mass is 9.71. The SMILES string of the molecule is CC(=O)N[C@@H]1[C@@H](Nc2ncnc3nc[nH]c23)[C@H]2CCO[C@H]21. The summed E-state index contributed by atoms with van der Waals surface area (Å²) in [5.74, 6) is 1.06. The number of hydrogen-bond donors (Lipinski definition) is 3. The number of imidazole rings is 1. The number of nitrogens with zero attached hydrogens (tertiary/aromatic N) is 3. The maximum Gasteiger partial charge on any atom is 0.217 e. The summed E-state index contributed by atoms with van der Waals surface area (Å²) >= 11 is 0. The molecule has 1 saturated carbocycles. The van der Waals surface area contributed by atoms with Gasteiger partial charge in [-0.05, 0) is 6.42 Å². The number of nitrogens with one attached hydrogen (secondary N) is 3. The predicted octanol–water partition coefficient (Wildman–Crippen LogP) is 0.0568. The number of anilines is 1. The van der Waals surface area contributed by atoms with E-state index in [1.165, 1.54) is 13.3 Å². The van der Waals surface area contributed by atoms with Gasteiger partial charge in [0, 0.05) is 19.4 Å². The lowest BCUT2D eigenvalue weighted by Crippen LogP contribution is -2.68.